The zero-order valence-corrected chi connectivity index (χ0v) is 14.3. The van der Waals surface area contributed by atoms with Gasteiger partial charge in [0.15, 0.2) is 0 Å². The molecule has 0 bridgehead atoms. The number of aliphatic carboxylic acids is 1. The van der Waals surface area contributed by atoms with E-state index in [0.717, 1.165) is 12.1 Å². The van der Waals surface area contributed by atoms with Crippen molar-refractivity contribution in [2.45, 2.75) is 19.5 Å². The highest BCUT2D eigenvalue weighted by atomic mass is 35.5. The van der Waals surface area contributed by atoms with Crippen molar-refractivity contribution in [3.8, 4) is 0 Å². The number of hydrogen-bond donors (Lipinski definition) is 2. The van der Waals surface area contributed by atoms with Crippen molar-refractivity contribution in [3.63, 3.8) is 0 Å². The lowest BCUT2D eigenvalue weighted by Gasteiger charge is -2.20. The molecule has 0 aliphatic carbocycles. The van der Waals surface area contributed by atoms with E-state index in [4.69, 9.17) is 16.7 Å². The minimum atomic E-state index is -4.67. The topological polar surface area (TPSA) is 69.6 Å². The third-order valence-electron chi connectivity index (χ3n) is 2.85. The van der Waals surface area contributed by atoms with Crippen molar-refractivity contribution in [1.82, 2.24) is 4.90 Å². The molecule has 0 spiro atoms. The molecule has 1 amide bonds. The third kappa shape index (κ3) is 6.94. The van der Waals surface area contributed by atoms with E-state index < -0.39 is 29.3 Å². The lowest BCUT2D eigenvalue weighted by atomic mass is 10.1. The Labute approximate surface area is 148 Å². The van der Waals surface area contributed by atoms with Gasteiger partial charge in [-0.15, -0.1) is 12.4 Å². The molecule has 0 aliphatic heterocycles. The minimum absolute atomic E-state index is 0. The SMILES string of the molecule is CCCN(CC(=O)O)CC(=O)Nc1c(Cl)cccc1C(F)(F)F.Cl. The number of amides is 1. The van der Waals surface area contributed by atoms with Gasteiger partial charge in [-0.3, -0.25) is 14.5 Å². The van der Waals surface area contributed by atoms with E-state index >= 15 is 0 Å². The van der Waals surface area contributed by atoms with Gasteiger partial charge in [-0.2, -0.15) is 13.2 Å². The lowest BCUT2D eigenvalue weighted by Crippen LogP contribution is -2.37. The number of carboxylic acid groups (broad SMARTS) is 1. The van der Waals surface area contributed by atoms with Crippen LogP contribution in [0, 0.1) is 0 Å². The summed E-state index contributed by atoms with van der Waals surface area (Å²) in [6.07, 6.45) is -4.07. The Kier molecular flexibility index (Phi) is 9.09. The van der Waals surface area contributed by atoms with Crippen LogP contribution in [0.3, 0.4) is 0 Å². The average molecular weight is 389 g/mol. The maximum Gasteiger partial charge on any atom is 0.418 e. The molecule has 2 N–H and O–H groups in total. The first-order valence-corrected chi connectivity index (χ1v) is 7.12. The molecule has 0 aliphatic rings. The molecule has 0 fully saturated rings. The van der Waals surface area contributed by atoms with Crippen LogP contribution < -0.4 is 5.32 Å². The number of para-hydroxylation sites is 1. The molecule has 24 heavy (non-hydrogen) atoms. The van der Waals surface area contributed by atoms with Gasteiger partial charge in [-0.25, -0.2) is 0 Å². The number of carbonyl (C=O) groups is 2. The molecule has 0 radical (unpaired) electrons. The first-order chi connectivity index (χ1) is 10.6. The third-order valence-corrected chi connectivity index (χ3v) is 3.16. The van der Waals surface area contributed by atoms with Crippen LogP contribution in [0.25, 0.3) is 0 Å². The van der Waals surface area contributed by atoms with Crippen LogP contribution in [-0.2, 0) is 15.8 Å². The summed E-state index contributed by atoms with van der Waals surface area (Å²) in [6, 6.07) is 3.17. The van der Waals surface area contributed by atoms with E-state index in [0.29, 0.717) is 13.0 Å². The zero-order chi connectivity index (χ0) is 17.6. The molecule has 1 aromatic rings. The summed E-state index contributed by atoms with van der Waals surface area (Å²) in [7, 11) is 0. The number of benzene rings is 1. The number of carboxylic acids is 1. The van der Waals surface area contributed by atoms with Crippen molar-refractivity contribution < 1.29 is 27.9 Å². The van der Waals surface area contributed by atoms with E-state index in [1.54, 1.807) is 6.92 Å². The van der Waals surface area contributed by atoms with Gasteiger partial charge in [0.1, 0.15) is 0 Å². The number of anilines is 1. The summed E-state index contributed by atoms with van der Waals surface area (Å²) >= 11 is 5.74. The first-order valence-electron chi connectivity index (χ1n) is 6.74. The quantitative estimate of drug-likeness (QED) is 0.749. The highest BCUT2D eigenvalue weighted by molar-refractivity contribution is 6.34. The predicted octanol–water partition coefficient (Wildman–Crippen LogP) is 3.52. The summed E-state index contributed by atoms with van der Waals surface area (Å²) in [6.45, 7) is 1.40. The average Bonchev–Trinajstić information content (AvgIpc) is 2.39. The summed E-state index contributed by atoms with van der Waals surface area (Å²) in [5.41, 5.74) is -1.59. The smallest absolute Gasteiger partial charge is 0.418 e. The molecule has 0 saturated carbocycles. The van der Waals surface area contributed by atoms with Crippen LogP contribution in [-0.4, -0.2) is 41.5 Å². The van der Waals surface area contributed by atoms with E-state index in [1.165, 1.54) is 11.0 Å². The van der Waals surface area contributed by atoms with Gasteiger partial charge >= 0.3 is 12.1 Å². The number of rotatable bonds is 7. The van der Waals surface area contributed by atoms with E-state index in [9.17, 15) is 22.8 Å². The lowest BCUT2D eigenvalue weighted by molar-refractivity contribution is -0.138. The predicted molar refractivity (Wildman–Crippen MR) is 86.7 cm³/mol. The Hall–Kier alpha value is -1.51. The van der Waals surface area contributed by atoms with Crippen molar-refractivity contribution in [2.75, 3.05) is 25.0 Å². The van der Waals surface area contributed by atoms with Gasteiger partial charge in [0.2, 0.25) is 5.91 Å². The molecule has 5 nitrogen and oxygen atoms in total. The maximum atomic E-state index is 12.9. The monoisotopic (exact) mass is 388 g/mol. The van der Waals surface area contributed by atoms with Gasteiger partial charge in [-0.1, -0.05) is 24.6 Å². The van der Waals surface area contributed by atoms with Crippen molar-refractivity contribution in [2.24, 2.45) is 0 Å². The summed E-state index contributed by atoms with van der Waals surface area (Å²) in [5, 5.41) is 10.6. The molecule has 0 saturated heterocycles. The van der Waals surface area contributed by atoms with Crippen LogP contribution in [0.5, 0.6) is 0 Å². The maximum absolute atomic E-state index is 12.9. The highest BCUT2D eigenvalue weighted by Crippen LogP contribution is 2.38. The van der Waals surface area contributed by atoms with Crippen LogP contribution >= 0.6 is 24.0 Å². The van der Waals surface area contributed by atoms with Gasteiger partial charge in [0.05, 0.1) is 29.4 Å². The van der Waals surface area contributed by atoms with Crippen molar-refractivity contribution in [1.29, 1.82) is 0 Å². The molecule has 0 unspecified atom stereocenters. The van der Waals surface area contributed by atoms with E-state index in [1.807, 2.05) is 0 Å². The Bertz CT molecular complexity index is 583. The van der Waals surface area contributed by atoms with Crippen LogP contribution in [0.2, 0.25) is 5.02 Å². The standard InChI is InChI=1S/C14H16ClF3N2O3.ClH/c1-2-6-20(8-12(22)23)7-11(21)19-13-9(14(16,17)18)4-3-5-10(13)15;/h3-5H,2,6-8H2,1H3,(H,19,21)(H,22,23);1H. The van der Waals surface area contributed by atoms with Gasteiger partial charge in [-0.05, 0) is 25.1 Å². The fourth-order valence-corrected chi connectivity index (χ4v) is 2.21. The molecule has 1 aromatic carbocycles. The second kappa shape index (κ2) is 9.71. The molecule has 1 rings (SSSR count). The first kappa shape index (κ1) is 22.5. The largest absolute Gasteiger partial charge is 0.480 e. The molecular formula is C14H17Cl2F3N2O3. The highest BCUT2D eigenvalue weighted by Gasteiger charge is 2.34. The second-order valence-corrected chi connectivity index (χ2v) is 5.22. The molecular weight excluding hydrogens is 372 g/mol. The zero-order valence-electron chi connectivity index (χ0n) is 12.7. The molecule has 0 heterocycles. The van der Waals surface area contributed by atoms with E-state index in [2.05, 4.69) is 5.32 Å². The Morgan fingerprint density at radius 2 is 1.92 bits per heavy atom. The number of halogens is 5. The Morgan fingerprint density at radius 1 is 1.29 bits per heavy atom. The summed E-state index contributed by atoms with van der Waals surface area (Å²) < 4.78 is 38.8. The van der Waals surface area contributed by atoms with Gasteiger partial charge in [0, 0.05) is 0 Å². The van der Waals surface area contributed by atoms with Crippen LogP contribution in [0.15, 0.2) is 18.2 Å². The molecule has 10 heteroatoms. The second-order valence-electron chi connectivity index (χ2n) is 4.81. The Morgan fingerprint density at radius 3 is 2.42 bits per heavy atom. The number of carbonyl (C=O) groups excluding carboxylic acids is 1. The fourth-order valence-electron chi connectivity index (χ4n) is 1.99. The van der Waals surface area contributed by atoms with Crippen LogP contribution in [0.4, 0.5) is 18.9 Å². The molecule has 0 aromatic heterocycles. The van der Waals surface area contributed by atoms with Gasteiger partial charge < -0.3 is 10.4 Å². The summed E-state index contributed by atoms with van der Waals surface area (Å²) in [4.78, 5) is 24.0. The summed E-state index contributed by atoms with van der Waals surface area (Å²) in [5.74, 6) is -1.89. The Balaban J connectivity index is 0.00000529. The van der Waals surface area contributed by atoms with E-state index in [-0.39, 0.29) is 30.5 Å². The van der Waals surface area contributed by atoms with Crippen LogP contribution in [0.1, 0.15) is 18.9 Å². The molecule has 136 valence electrons. The van der Waals surface area contributed by atoms with Gasteiger partial charge in [0.25, 0.3) is 0 Å². The minimum Gasteiger partial charge on any atom is -0.480 e. The number of hydrogen-bond acceptors (Lipinski definition) is 3. The van der Waals surface area contributed by atoms with Crippen molar-refractivity contribution >= 4 is 41.6 Å². The van der Waals surface area contributed by atoms with Crippen molar-refractivity contribution in [3.05, 3.63) is 28.8 Å². The fraction of sp³-hybridized carbons (Fsp3) is 0.429. The normalized spacial score (nSPS) is 11.1. The number of nitrogens with zero attached hydrogens (tertiary/aromatic N) is 1. The number of alkyl halides is 3. The number of nitrogens with one attached hydrogen (secondary N) is 1. The molecule has 0 atom stereocenters.